The van der Waals surface area contributed by atoms with E-state index in [0.717, 1.165) is 18.3 Å². The van der Waals surface area contributed by atoms with E-state index < -0.39 is 5.60 Å². The van der Waals surface area contributed by atoms with Crippen LogP contribution in [0.25, 0.3) is 5.57 Å². The Hall–Kier alpha value is -1.83. The van der Waals surface area contributed by atoms with Crippen molar-refractivity contribution in [1.82, 2.24) is 0 Å². The van der Waals surface area contributed by atoms with Gasteiger partial charge in [-0.1, -0.05) is 86.6 Å². The molecular weight excluding hydrogens is 476 g/mol. The molecule has 0 amide bonds. The normalized spacial score (nSPS) is 32.4. The quantitative estimate of drug-likeness (QED) is 0.277. The van der Waals surface area contributed by atoms with E-state index in [-0.39, 0.29) is 11.4 Å². The number of ether oxygens (including phenoxy) is 1. The summed E-state index contributed by atoms with van der Waals surface area (Å²) in [6, 6.07) is 8.15. The fourth-order valence-corrected chi connectivity index (χ4v) is 8.53. The van der Waals surface area contributed by atoms with Gasteiger partial charge in [0, 0.05) is 0 Å². The molecule has 5 atom stereocenters. The second-order valence-electron chi connectivity index (χ2n) is 14.8. The van der Waals surface area contributed by atoms with Gasteiger partial charge in [0.2, 0.25) is 0 Å². The van der Waals surface area contributed by atoms with E-state index in [2.05, 4.69) is 73.3 Å². The zero-order valence-electron chi connectivity index (χ0n) is 27.8. The molecule has 2 saturated carbocycles. The van der Waals surface area contributed by atoms with Crippen LogP contribution in [0.4, 0.5) is 0 Å². The van der Waals surface area contributed by atoms with Gasteiger partial charge in [0.25, 0.3) is 0 Å². The molecule has 0 aromatic heterocycles. The van der Waals surface area contributed by atoms with Crippen LogP contribution in [0.3, 0.4) is 0 Å². The molecule has 0 aliphatic heterocycles. The van der Waals surface area contributed by atoms with Gasteiger partial charge in [-0.25, -0.2) is 4.79 Å². The summed E-state index contributed by atoms with van der Waals surface area (Å²) in [5, 5.41) is 0. The van der Waals surface area contributed by atoms with Crippen LogP contribution in [0.15, 0.2) is 43.0 Å². The Morgan fingerprint density at radius 1 is 0.949 bits per heavy atom. The predicted octanol–water partition coefficient (Wildman–Crippen LogP) is 11.2. The maximum atomic E-state index is 12.5. The van der Waals surface area contributed by atoms with Crippen molar-refractivity contribution in [3.05, 3.63) is 54.1 Å². The second-order valence-corrected chi connectivity index (χ2v) is 14.8. The molecule has 220 valence electrons. The third-order valence-electron chi connectivity index (χ3n) is 11.0. The van der Waals surface area contributed by atoms with E-state index >= 15 is 0 Å². The summed E-state index contributed by atoms with van der Waals surface area (Å²) in [4.78, 5) is 12.5. The Morgan fingerprint density at radius 3 is 2.00 bits per heavy atom. The van der Waals surface area contributed by atoms with Crippen LogP contribution in [0.2, 0.25) is 0 Å². The van der Waals surface area contributed by atoms with Gasteiger partial charge in [-0.2, -0.15) is 0 Å². The van der Waals surface area contributed by atoms with Gasteiger partial charge in [0.1, 0.15) is 5.60 Å². The zero-order valence-corrected chi connectivity index (χ0v) is 27.8. The lowest BCUT2D eigenvalue weighted by atomic mass is 9.36. The molecule has 2 heteroatoms. The van der Waals surface area contributed by atoms with E-state index in [0.29, 0.717) is 27.7 Å². The molecule has 39 heavy (non-hydrogen) atoms. The SMILES string of the molecule is C=CC.CC.CC1CCC2C3(C)CC=C(c4ccc(C(=O)OC(C)(C)C)cc4)C(C)(C)C3CCC2(C)C1(C)C. The van der Waals surface area contributed by atoms with Crippen molar-refractivity contribution in [3.8, 4) is 0 Å². The van der Waals surface area contributed by atoms with Crippen molar-refractivity contribution in [1.29, 1.82) is 0 Å². The third-order valence-corrected chi connectivity index (χ3v) is 11.0. The first-order chi connectivity index (χ1) is 18.0. The van der Waals surface area contributed by atoms with E-state index in [4.69, 9.17) is 4.74 Å². The monoisotopic (exact) mass is 536 g/mol. The van der Waals surface area contributed by atoms with Crippen molar-refractivity contribution in [2.75, 3.05) is 0 Å². The zero-order chi connectivity index (χ0) is 30.0. The Morgan fingerprint density at radius 2 is 1.49 bits per heavy atom. The van der Waals surface area contributed by atoms with Gasteiger partial charge in [-0.15, -0.1) is 6.58 Å². The van der Waals surface area contributed by atoms with Gasteiger partial charge in [0.05, 0.1) is 5.56 Å². The first-order valence-corrected chi connectivity index (χ1v) is 15.6. The van der Waals surface area contributed by atoms with Gasteiger partial charge in [-0.05, 0) is 122 Å². The summed E-state index contributed by atoms with van der Waals surface area (Å²) in [5.41, 5.74) is 4.10. The number of benzene rings is 1. The molecule has 3 aliphatic carbocycles. The molecule has 2 nitrogen and oxygen atoms in total. The predicted molar refractivity (Wildman–Crippen MR) is 170 cm³/mol. The van der Waals surface area contributed by atoms with Crippen molar-refractivity contribution in [3.63, 3.8) is 0 Å². The summed E-state index contributed by atoms with van der Waals surface area (Å²) in [6.07, 6.45) is 10.8. The highest BCUT2D eigenvalue weighted by atomic mass is 16.6. The van der Waals surface area contributed by atoms with Crippen LogP contribution < -0.4 is 0 Å². The summed E-state index contributed by atoms with van der Waals surface area (Å²) >= 11 is 0. The Kier molecular flexibility index (Phi) is 10.2. The lowest BCUT2D eigenvalue weighted by molar-refractivity contribution is -0.180. The summed E-state index contributed by atoms with van der Waals surface area (Å²) in [5.74, 6) is 1.99. The summed E-state index contributed by atoms with van der Waals surface area (Å²) in [7, 11) is 0. The molecule has 0 radical (unpaired) electrons. The number of fused-ring (bicyclic) bond motifs is 3. The van der Waals surface area contributed by atoms with Crippen molar-refractivity contribution in [2.45, 2.75) is 128 Å². The number of hydrogen-bond acceptors (Lipinski definition) is 2. The van der Waals surface area contributed by atoms with Gasteiger partial charge < -0.3 is 4.74 Å². The number of hydrogen-bond donors (Lipinski definition) is 0. The van der Waals surface area contributed by atoms with E-state index in [1.165, 1.54) is 36.8 Å². The molecule has 0 N–H and O–H groups in total. The minimum absolute atomic E-state index is 0.106. The molecule has 0 bridgehead atoms. The highest BCUT2D eigenvalue weighted by molar-refractivity contribution is 5.90. The minimum atomic E-state index is -0.477. The smallest absolute Gasteiger partial charge is 0.338 e. The maximum absolute atomic E-state index is 12.5. The lowest BCUT2D eigenvalue weighted by Crippen LogP contribution is -2.61. The topological polar surface area (TPSA) is 26.3 Å². The van der Waals surface area contributed by atoms with E-state index in [9.17, 15) is 4.79 Å². The molecular formula is C37H60O2. The maximum Gasteiger partial charge on any atom is 0.338 e. The van der Waals surface area contributed by atoms with Crippen molar-refractivity contribution >= 4 is 11.5 Å². The van der Waals surface area contributed by atoms with Gasteiger partial charge in [0.15, 0.2) is 0 Å². The molecule has 0 saturated heterocycles. The number of carbonyl (C=O) groups is 1. The number of carbonyl (C=O) groups excluding carboxylic acids is 1. The standard InChI is InChI=1S/C32H48O2.C3H6.C2H6/c1-21-11-16-26-31(9)19-17-24(22-12-14-23(15-13-22)27(33)34-28(2,3)4)29(5,6)25(31)18-20-32(26,10)30(21,7)8;1-3-2;1-2/h12-15,17,21,25-26H,11,16,18-20H2,1-10H3;3H,1H2,2H3;1-2H3. The van der Waals surface area contributed by atoms with E-state index in [1.807, 2.05) is 53.7 Å². The van der Waals surface area contributed by atoms with Crippen molar-refractivity contribution in [2.24, 2.45) is 39.4 Å². The first kappa shape index (κ1) is 33.4. The van der Waals surface area contributed by atoms with Crippen LogP contribution in [-0.2, 0) is 4.74 Å². The van der Waals surface area contributed by atoms with Crippen molar-refractivity contribution < 1.29 is 9.53 Å². The molecule has 1 aromatic carbocycles. The highest BCUT2D eigenvalue weighted by Gasteiger charge is 2.64. The number of allylic oxidation sites excluding steroid dienone is 3. The van der Waals surface area contributed by atoms with Crippen LogP contribution in [0.1, 0.15) is 138 Å². The molecule has 0 spiro atoms. The van der Waals surface area contributed by atoms with E-state index in [1.54, 1.807) is 6.08 Å². The minimum Gasteiger partial charge on any atom is -0.456 e. The first-order valence-electron chi connectivity index (χ1n) is 15.6. The summed E-state index contributed by atoms with van der Waals surface area (Å²) in [6.45, 7) is 32.8. The van der Waals surface area contributed by atoms with Crippen LogP contribution in [0.5, 0.6) is 0 Å². The van der Waals surface area contributed by atoms with Crippen LogP contribution in [-0.4, -0.2) is 11.6 Å². The Bertz CT molecular complexity index is 1020. The molecule has 0 heterocycles. The fraction of sp³-hybridized carbons (Fsp3) is 0.703. The average Bonchev–Trinajstić information content (AvgIpc) is 2.83. The molecule has 4 rings (SSSR count). The molecule has 2 fully saturated rings. The molecule has 1 aromatic rings. The van der Waals surface area contributed by atoms with Crippen LogP contribution in [0, 0.1) is 39.4 Å². The Balaban J connectivity index is 0.000000998. The molecule has 5 unspecified atom stereocenters. The largest absolute Gasteiger partial charge is 0.456 e. The lowest BCUT2D eigenvalue weighted by Gasteiger charge is -2.68. The van der Waals surface area contributed by atoms with Gasteiger partial charge >= 0.3 is 5.97 Å². The third kappa shape index (κ3) is 6.11. The highest BCUT2D eigenvalue weighted by Crippen LogP contribution is 2.72. The number of esters is 1. The molecule has 3 aliphatic rings. The van der Waals surface area contributed by atoms with Crippen LogP contribution >= 0.6 is 0 Å². The average molecular weight is 537 g/mol. The second kappa shape index (κ2) is 12.0. The summed E-state index contributed by atoms with van der Waals surface area (Å²) < 4.78 is 5.56. The van der Waals surface area contributed by atoms with Gasteiger partial charge in [-0.3, -0.25) is 0 Å². The fourth-order valence-electron chi connectivity index (χ4n) is 8.53. The number of rotatable bonds is 2. The Labute approximate surface area is 242 Å².